The van der Waals surface area contributed by atoms with Gasteiger partial charge in [-0.2, -0.15) is 0 Å². The van der Waals surface area contributed by atoms with E-state index in [-0.39, 0.29) is 46.1 Å². The number of para-hydroxylation sites is 4. The van der Waals surface area contributed by atoms with Crippen LogP contribution in [0, 0.1) is 0 Å². The molecule has 3 heterocycles. The van der Waals surface area contributed by atoms with Crippen molar-refractivity contribution in [2.24, 2.45) is 7.05 Å². The second-order valence-corrected chi connectivity index (χ2v) is 15.1. The quantitative estimate of drug-likeness (QED) is 0.0486. The fourth-order valence-corrected chi connectivity index (χ4v) is 7.46. The van der Waals surface area contributed by atoms with E-state index in [1.54, 1.807) is 6.20 Å². The number of carboxylic acid groups (broad SMARTS) is 1. The molecule has 0 saturated carbocycles. The number of ether oxygens (including phenoxy) is 3. The Morgan fingerprint density at radius 2 is 1.01 bits per heavy atom. The van der Waals surface area contributed by atoms with Crippen LogP contribution in [0.4, 0.5) is 51.3 Å². The third kappa shape index (κ3) is 17.5. The Morgan fingerprint density at radius 3 is 1.47 bits per heavy atom. The van der Waals surface area contributed by atoms with Crippen LogP contribution in [0.1, 0.15) is 35.6 Å². The van der Waals surface area contributed by atoms with Crippen LogP contribution < -0.4 is 37.4 Å². The van der Waals surface area contributed by atoms with E-state index >= 15 is 0 Å². The zero-order valence-corrected chi connectivity index (χ0v) is 42.6. The number of aryl methyl sites for hydroxylation is 1. The van der Waals surface area contributed by atoms with Crippen LogP contribution in [0.15, 0.2) is 213 Å². The average Bonchev–Trinajstić information content (AvgIpc) is 3.75. The van der Waals surface area contributed by atoms with Crippen LogP contribution in [0.25, 0.3) is 16.9 Å². The minimum atomic E-state index is -0.472. The van der Waals surface area contributed by atoms with Crippen molar-refractivity contribution in [1.82, 2.24) is 14.5 Å². The first-order valence-electron chi connectivity index (χ1n) is 23.1. The molecule has 0 amide bonds. The smallest absolute Gasteiger partial charge is 0.301 e. The van der Waals surface area contributed by atoms with Gasteiger partial charge in [-0.15, -0.1) is 17.4 Å². The van der Waals surface area contributed by atoms with E-state index in [9.17, 15) is 0 Å². The van der Waals surface area contributed by atoms with Crippen LogP contribution in [-0.2, 0) is 26.1 Å². The molecule has 0 aliphatic rings. The Hall–Kier alpha value is -7.78. The van der Waals surface area contributed by atoms with E-state index in [0.29, 0.717) is 19.8 Å². The zero-order chi connectivity index (χ0) is 49.3. The lowest BCUT2D eigenvalue weighted by molar-refractivity contribution is -0.647. The van der Waals surface area contributed by atoms with Gasteiger partial charge in [-0.25, -0.2) is 14.1 Å². The number of nitrogens with zero attached hydrogens (tertiary/aromatic N) is 6. The topological polar surface area (TPSA) is 130 Å². The van der Waals surface area contributed by atoms with Crippen LogP contribution in [0.2, 0.25) is 0 Å². The summed E-state index contributed by atoms with van der Waals surface area (Å²) in [6.07, 6.45) is 5.68. The maximum Gasteiger partial charge on any atom is 0.301 e. The molecule has 0 atom stereocenters. The van der Waals surface area contributed by atoms with Crippen molar-refractivity contribution >= 4 is 81.4 Å². The van der Waals surface area contributed by atoms with Gasteiger partial charge in [0, 0.05) is 78.9 Å². The Balaban J connectivity index is 0.000000394. The lowest BCUT2D eigenvalue weighted by Gasteiger charge is -2.26. The summed E-state index contributed by atoms with van der Waals surface area (Å²) in [5.41, 5.74) is 11.7. The molecule has 0 aliphatic heterocycles. The summed E-state index contributed by atoms with van der Waals surface area (Å²) in [5, 5.41) is 13.5. The summed E-state index contributed by atoms with van der Waals surface area (Å²) >= 11 is 0. The second kappa shape index (κ2) is 33.8. The number of hydrogen-bond donors (Lipinski definition) is 3. The van der Waals surface area contributed by atoms with Gasteiger partial charge in [-0.1, -0.05) is 99.8 Å². The van der Waals surface area contributed by atoms with Crippen molar-refractivity contribution in [2.45, 2.75) is 42.1 Å². The molecule has 0 spiro atoms. The van der Waals surface area contributed by atoms with Crippen molar-refractivity contribution in [3.8, 4) is 5.69 Å². The fourth-order valence-electron chi connectivity index (χ4n) is 7.46. The number of hydrogen-bond acceptors (Lipinski definition) is 10. The highest BCUT2D eigenvalue weighted by Gasteiger charge is 2.18. The second-order valence-electron chi connectivity index (χ2n) is 15.1. The fraction of sp³-hybridized carbons (Fsp3) is 0.186. The number of benzene rings is 6. The van der Waals surface area contributed by atoms with Crippen LogP contribution in [0.3, 0.4) is 0 Å². The highest BCUT2D eigenvalue weighted by molar-refractivity contribution is 5.85. The molecule has 390 valence electrons. The van der Waals surface area contributed by atoms with Gasteiger partial charge in [0.2, 0.25) is 0 Å². The first kappa shape index (κ1) is 62.3. The molecule has 6 aromatic carbocycles. The van der Waals surface area contributed by atoms with Crippen LogP contribution in [0.5, 0.6) is 0 Å². The van der Waals surface area contributed by atoms with Crippen molar-refractivity contribution in [2.75, 3.05) is 47.3 Å². The number of rotatable bonds is 16. The molecule has 0 unspecified atom stereocenters. The molecule has 9 aromatic rings. The maximum absolute atomic E-state index is 8.36. The summed E-state index contributed by atoms with van der Waals surface area (Å²) in [7, 11) is 3.90. The number of aromatic nitrogens is 4. The zero-order valence-electron chi connectivity index (χ0n) is 41.0. The molecule has 13 nitrogen and oxygen atoms in total. The Labute approximate surface area is 449 Å². The SMILES string of the molecule is C.C.CCOC(OCC)OCC.CNc1ncccc1Nc1cccc(N(c2ccccc2)c2ccccc2)c1.C[n+]1cn(-c2cccc(N(c3ccccc3)c3ccccc3)c2)c2cccnc21.Cl.O=CO.[Cl-]. The standard InChI is InChI=1S/C25H21N4.C24H22N4.C7H16O3.CH2O2.2CH4.2ClH/c1-27-19-28(24-16-9-17-26-25(24)27)22-14-8-15-23(18-22)29(20-10-4-2-5-11-20)21-12-6-3-7-13-21;1-25-24-23(16-9-17-26-24)27-19-10-8-15-22(18-19)28(20-11-4-2-5-12-20)21-13-6-3-7-14-21;1-4-8-7(9-5-2)10-6-3;2-1-3;;;;/h2-19H,1H3;2-18,27H,1H3,(H,25,26);7H,4-6H2,1-3H3;1H,(H,2,3);2*1H4;2*1H/q+1;;;;;;;/p-1. The van der Waals surface area contributed by atoms with Crippen LogP contribution in [-0.4, -0.2) is 59.5 Å². The average molecular weight is 1040 g/mol. The lowest BCUT2D eigenvalue weighted by atomic mass is 10.2. The van der Waals surface area contributed by atoms with E-state index in [0.717, 1.165) is 68.2 Å². The Bertz CT molecular complexity index is 2830. The Kier molecular flexibility index (Phi) is 28.5. The van der Waals surface area contributed by atoms with Gasteiger partial charge in [0.05, 0.1) is 12.7 Å². The summed E-state index contributed by atoms with van der Waals surface area (Å²) in [6, 6.07) is 66.7. The largest absolute Gasteiger partial charge is 1.00 e. The molecular weight excluding hydrogens is 972 g/mol. The molecule has 0 fully saturated rings. The van der Waals surface area contributed by atoms with Crippen molar-refractivity contribution in [3.63, 3.8) is 0 Å². The minimum Gasteiger partial charge on any atom is -1.00 e. The number of halogens is 2. The van der Waals surface area contributed by atoms with E-state index < -0.39 is 6.48 Å². The summed E-state index contributed by atoms with van der Waals surface area (Å²) in [4.78, 5) is 21.7. The lowest BCUT2D eigenvalue weighted by Crippen LogP contribution is -3.00. The van der Waals surface area contributed by atoms with Crippen molar-refractivity contribution in [1.29, 1.82) is 0 Å². The van der Waals surface area contributed by atoms with Gasteiger partial charge in [0.25, 0.3) is 12.9 Å². The molecule has 3 aromatic heterocycles. The monoisotopic (exact) mass is 1040 g/mol. The summed E-state index contributed by atoms with van der Waals surface area (Å²) < 4.78 is 19.5. The van der Waals surface area contributed by atoms with E-state index in [1.165, 1.54) is 0 Å². The molecule has 0 radical (unpaired) electrons. The summed E-state index contributed by atoms with van der Waals surface area (Å²) in [5.74, 6) is 0.816. The van der Waals surface area contributed by atoms with Gasteiger partial charge >= 0.3 is 5.65 Å². The third-order valence-electron chi connectivity index (χ3n) is 10.4. The number of imidazole rings is 1. The van der Waals surface area contributed by atoms with Gasteiger partial charge in [-0.05, 0) is 124 Å². The Morgan fingerprint density at radius 1 is 0.595 bits per heavy atom. The van der Waals surface area contributed by atoms with E-state index in [2.05, 4.69) is 193 Å². The summed E-state index contributed by atoms with van der Waals surface area (Å²) in [6.45, 7) is 6.85. The predicted octanol–water partition coefficient (Wildman–Crippen LogP) is 11.4. The van der Waals surface area contributed by atoms with Gasteiger partial charge in [0.1, 0.15) is 17.7 Å². The molecule has 3 N–H and O–H groups in total. The molecule has 0 aliphatic carbocycles. The predicted molar refractivity (Wildman–Crippen MR) is 303 cm³/mol. The number of carbonyl (C=O) groups is 1. The molecular formula is C59H70Cl2N8O5. The van der Waals surface area contributed by atoms with Gasteiger partial charge in [-0.3, -0.25) is 4.79 Å². The maximum atomic E-state index is 8.36. The number of pyridine rings is 2. The molecule has 74 heavy (non-hydrogen) atoms. The number of fused-ring (bicyclic) bond motifs is 1. The van der Waals surface area contributed by atoms with E-state index in [1.807, 2.05) is 88.1 Å². The van der Waals surface area contributed by atoms with Gasteiger partial charge in [0.15, 0.2) is 11.8 Å². The molecule has 0 bridgehead atoms. The number of anilines is 9. The first-order chi connectivity index (χ1) is 34.4. The minimum absolute atomic E-state index is 0. The first-order valence-corrected chi connectivity index (χ1v) is 23.1. The third-order valence-corrected chi connectivity index (χ3v) is 10.4. The molecule has 15 heteroatoms. The number of nitrogens with one attached hydrogen (secondary N) is 2. The van der Waals surface area contributed by atoms with Crippen molar-refractivity contribution < 1.29 is 41.1 Å². The van der Waals surface area contributed by atoms with Crippen molar-refractivity contribution in [3.05, 3.63) is 213 Å². The normalized spacial score (nSPS) is 9.81. The van der Waals surface area contributed by atoms with E-state index in [4.69, 9.17) is 24.1 Å². The highest BCUT2D eigenvalue weighted by atomic mass is 35.5. The highest BCUT2D eigenvalue weighted by Crippen LogP contribution is 2.37. The van der Waals surface area contributed by atoms with Crippen LogP contribution >= 0.6 is 12.4 Å². The van der Waals surface area contributed by atoms with Gasteiger partial charge < -0.3 is 52.2 Å². The molecule has 9 rings (SSSR count). The molecule has 0 saturated heterocycles.